The molecule has 0 spiro atoms. The Balaban J connectivity index is 1.88. The molecular weight excluding hydrogens is 204 g/mol. The van der Waals surface area contributed by atoms with Gasteiger partial charge in [0, 0.05) is 23.0 Å². The first-order chi connectivity index (χ1) is 7.29. The maximum absolute atomic E-state index is 11.2. The SMILES string of the molecule is CCC(=O)CCC1Cc2ccccc2S1. The van der Waals surface area contributed by atoms with E-state index >= 15 is 0 Å². The molecule has 1 heterocycles. The Morgan fingerprint density at radius 3 is 3.00 bits per heavy atom. The molecule has 0 aliphatic carbocycles. The van der Waals surface area contributed by atoms with E-state index in [0.29, 0.717) is 17.5 Å². The second-order valence-electron chi connectivity index (χ2n) is 3.98. The molecular formula is C13H16OS. The number of thioether (sulfide) groups is 1. The highest BCUT2D eigenvalue weighted by molar-refractivity contribution is 8.00. The minimum atomic E-state index is 0.395. The molecule has 1 atom stereocenters. The number of ketones is 1. The highest BCUT2D eigenvalue weighted by Gasteiger charge is 2.21. The molecule has 1 aromatic carbocycles. The molecule has 0 amide bonds. The van der Waals surface area contributed by atoms with Crippen LogP contribution in [0.1, 0.15) is 31.7 Å². The molecule has 1 aromatic rings. The summed E-state index contributed by atoms with van der Waals surface area (Å²) in [5.41, 5.74) is 1.46. The molecule has 1 aliphatic heterocycles. The largest absolute Gasteiger partial charge is 0.300 e. The lowest BCUT2D eigenvalue weighted by Gasteiger charge is -2.06. The van der Waals surface area contributed by atoms with Crippen LogP contribution in [-0.2, 0) is 11.2 Å². The maximum atomic E-state index is 11.2. The van der Waals surface area contributed by atoms with Crippen molar-refractivity contribution >= 4 is 17.5 Å². The van der Waals surface area contributed by atoms with Crippen LogP contribution in [0.2, 0.25) is 0 Å². The van der Waals surface area contributed by atoms with Crippen molar-refractivity contribution in [2.24, 2.45) is 0 Å². The molecule has 80 valence electrons. The van der Waals surface area contributed by atoms with E-state index in [1.165, 1.54) is 10.5 Å². The number of hydrogen-bond acceptors (Lipinski definition) is 2. The highest BCUT2D eigenvalue weighted by Crippen LogP contribution is 2.38. The summed E-state index contributed by atoms with van der Waals surface area (Å²) < 4.78 is 0. The minimum absolute atomic E-state index is 0.395. The number of rotatable bonds is 4. The molecule has 0 radical (unpaired) electrons. The molecule has 0 saturated heterocycles. The monoisotopic (exact) mass is 220 g/mol. The zero-order valence-electron chi connectivity index (χ0n) is 9.03. The smallest absolute Gasteiger partial charge is 0.132 e. The Morgan fingerprint density at radius 1 is 1.47 bits per heavy atom. The van der Waals surface area contributed by atoms with Gasteiger partial charge >= 0.3 is 0 Å². The van der Waals surface area contributed by atoms with Crippen molar-refractivity contribution < 1.29 is 4.79 Å². The predicted octanol–water partition coefficient (Wildman–Crippen LogP) is 3.46. The molecule has 15 heavy (non-hydrogen) atoms. The van der Waals surface area contributed by atoms with Crippen LogP contribution in [0.25, 0.3) is 0 Å². The van der Waals surface area contributed by atoms with Crippen LogP contribution in [0.15, 0.2) is 29.2 Å². The lowest BCUT2D eigenvalue weighted by molar-refractivity contribution is -0.118. The zero-order chi connectivity index (χ0) is 10.7. The quantitative estimate of drug-likeness (QED) is 0.773. The van der Waals surface area contributed by atoms with E-state index in [9.17, 15) is 4.79 Å². The molecule has 1 nitrogen and oxygen atoms in total. The average Bonchev–Trinajstić information content (AvgIpc) is 2.68. The molecule has 2 heteroatoms. The number of benzene rings is 1. The summed E-state index contributed by atoms with van der Waals surface area (Å²) in [7, 11) is 0. The lowest BCUT2D eigenvalue weighted by Crippen LogP contribution is -2.04. The van der Waals surface area contributed by atoms with Crippen molar-refractivity contribution in [3.63, 3.8) is 0 Å². The molecule has 2 rings (SSSR count). The van der Waals surface area contributed by atoms with Gasteiger partial charge in [-0.25, -0.2) is 0 Å². The van der Waals surface area contributed by atoms with Gasteiger partial charge in [-0.15, -0.1) is 11.8 Å². The summed E-state index contributed by atoms with van der Waals surface area (Å²) in [4.78, 5) is 12.6. The van der Waals surface area contributed by atoms with Gasteiger partial charge in [0.05, 0.1) is 0 Å². The van der Waals surface area contributed by atoms with E-state index in [1.54, 1.807) is 0 Å². The lowest BCUT2D eigenvalue weighted by atomic mass is 10.1. The Bertz CT molecular complexity index is 334. The van der Waals surface area contributed by atoms with Gasteiger partial charge in [0.25, 0.3) is 0 Å². The van der Waals surface area contributed by atoms with Gasteiger partial charge < -0.3 is 0 Å². The highest BCUT2D eigenvalue weighted by atomic mass is 32.2. The molecule has 0 fully saturated rings. The second-order valence-corrected chi connectivity index (χ2v) is 5.32. The van der Waals surface area contributed by atoms with Crippen LogP contribution >= 0.6 is 11.8 Å². The normalized spacial score (nSPS) is 18.9. The van der Waals surface area contributed by atoms with Crippen LogP contribution < -0.4 is 0 Å². The zero-order valence-corrected chi connectivity index (χ0v) is 9.85. The van der Waals surface area contributed by atoms with E-state index in [-0.39, 0.29) is 0 Å². The second kappa shape index (κ2) is 4.84. The summed E-state index contributed by atoms with van der Waals surface area (Å²) in [6, 6.07) is 8.57. The first-order valence-electron chi connectivity index (χ1n) is 5.56. The standard InChI is InChI=1S/C13H16OS/c1-2-11(14)7-8-12-9-10-5-3-4-6-13(10)15-12/h3-6,12H,2,7-9H2,1H3. The topological polar surface area (TPSA) is 17.1 Å². The molecule has 1 aliphatic rings. The molecule has 0 bridgehead atoms. The van der Waals surface area contributed by atoms with E-state index in [0.717, 1.165) is 19.3 Å². The first-order valence-corrected chi connectivity index (χ1v) is 6.44. The van der Waals surface area contributed by atoms with Gasteiger partial charge in [-0.3, -0.25) is 4.79 Å². The molecule has 0 N–H and O–H groups in total. The first kappa shape index (κ1) is 10.7. The van der Waals surface area contributed by atoms with Crippen LogP contribution in [0.3, 0.4) is 0 Å². The van der Waals surface area contributed by atoms with Gasteiger partial charge in [-0.1, -0.05) is 25.1 Å². The minimum Gasteiger partial charge on any atom is -0.300 e. The fourth-order valence-electron chi connectivity index (χ4n) is 1.91. The van der Waals surface area contributed by atoms with Crippen LogP contribution in [0.4, 0.5) is 0 Å². The summed E-state index contributed by atoms with van der Waals surface area (Å²) in [5.74, 6) is 0.395. The van der Waals surface area contributed by atoms with Crippen molar-refractivity contribution in [1.29, 1.82) is 0 Å². The fourth-order valence-corrected chi connectivity index (χ4v) is 3.23. The number of carbonyl (C=O) groups is 1. The van der Waals surface area contributed by atoms with Crippen molar-refractivity contribution in [3.8, 4) is 0 Å². The number of fused-ring (bicyclic) bond motifs is 1. The van der Waals surface area contributed by atoms with Crippen LogP contribution in [0, 0.1) is 0 Å². The van der Waals surface area contributed by atoms with E-state index in [4.69, 9.17) is 0 Å². The molecule has 0 aromatic heterocycles. The Kier molecular flexibility index (Phi) is 3.47. The predicted molar refractivity (Wildman–Crippen MR) is 64.3 cm³/mol. The number of Topliss-reactive ketones (excluding diaryl/α,β-unsaturated/α-hetero) is 1. The van der Waals surface area contributed by atoms with E-state index in [2.05, 4.69) is 24.3 Å². The fraction of sp³-hybridized carbons (Fsp3) is 0.462. The van der Waals surface area contributed by atoms with Crippen molar-refractivity contribution in [3.05, 3.63) is 29.8 Å². The third kappa shape index (κ3) is 2.63. The maximum Gasteiger partial charge on any atom is 0.132 e. The van der Waals surface area contributed by atoms with Gasteiger partial charge in [-0.2, -0.15) is 0 Å². The van der Waals surface area contributed by atoms with E-state index in [1.807, 2.05) is 18.7 Å². The summed E-state index contributed by atoms with van der Waals surface area (Å²) in [6.45, 7) is 1.94. The molecule has 0 saturated carbocycles. The summed E-state index contributed by atoms with van der Waals surface area (Å²) in [6.07, 6.45) is 3.61. The van der Waals surface area contributed by atoms with Gasteiger partial charge in [0.1, 0.15) is 5.78 Å². The Hall–Kier alpha value is -0.760. The summed E-state index contributed by atoms with van der Waals surface area (Å²) in [5, 5.41) is 0.623. The Morgan fingerprint density at radius 2 is 2.27 bits per heavy atom. The number of carbonyl (C=O) groups excluding carboxylic acids is 1. The third-order valence-electron chi connectivity index (χ3n) is 2.85. The Labute approximate surface area is 95.3 Å². The van der Waals surface area contributed by atoms with Crippen LogP contribution in [-0.4, -0.2) is 11.0 Å². The molecule has 1 unspecified atom stereocenters. The van der Waals surface area contributed by atoms with Crippen molar-refractivity contribution in [2.45, 2.75) is 42.8 Å². The number of hydrogen-bond donors (Lipinski definition) is 0. The van der Waals surface area contributed by atoms with Gasteiger partial charge in [0.2, 0.25) is 0 Å². The van der Waals surface area contributed by atoms with Crippen molar-refractivity contribution in [2.75, 3.05) is 0 Å². The average molecular weight is 220 g/mol. The van der Waals surface area contributed by atoms with E-state index < -0.39 is 0 Å². The van der Waals surface area contributed by atoms with Gasteiger partial charge in [0.15, 0.2) is 0 Å². The third-order valence-corrected chi connectivity index (χ3v) is 4.24. The van der Waals surface area contributed by atoms with Crippen LogP contribution in [0.5, 0.6) is 0 Å². The van der Waals surface area contributed by atoms with Gasteiger partial charge in [-0.05, 0) is 24.5 Å². The van der Waals surface area contributed by atoms with Crippen molar-refractivity contribution in [1.82, 2.24) is 0 Å². The summed E-state index contributed by atoms with van der Waals surface area (Å²) >= 11 is 1.94.